The molecule has 8 nitrogen and oxygen atoms in total. The van der Waals surface area contributed by atoms with Crippen LogP contribution in [0.4, 0.5) is 0 Å². The van der Waals surface area contributed by atoms with Crippen LogP contribution < -0.4 is 20.1 Å². The predicted molar refractivity (Wildman–Crippen MR) is 88.8 cm³/mol. The second kappa shape index (κ2) is 7.69. The third-order valence-electron chi connectivity index (χ3n) is 3.48. The lowest BCUT2D eigenvalue weighted by Crippen LogP contribution is -2.46. The first-order valence-corrected chi connectivity index (χ1v) is 7.70. The molecule has 1 heterocycles. The summed E-state index contributed by atoms with van der Waals surface area (Å²) in [5, 5.41) is 14.0. The van der Waals surface area contributed by atoms with E-state index < -0.39 is 23.8 Å². The zero-order chi connectivity index (χ0) is 18.6. The van der Waals surface area contributed by atoms with Gasteiger partial charge in [-0.2, -0.15) is 0 Å². The summed E-state index contributed by atoms with van der Waals surface area (Å²) in [5.74, 6) is -1.47. The number of rotatable bonds is 6. The average Bonchev–Trinajstić information content (AvgIpc) is 2.98. The summed E-state index contributed by atoms with van der Waals surface area (Å²) in [6.07, 6.45) is 1.44. The van der Waals surface area contributed by atoms with Gasteiger partial charge in [0.15, 0.2) is 11.5 Å². The smallest absolute Gasteiger partial charge is 0.326 e. The normalized spacial score (nSPS) is 14.2. The Bertz CT molecular complexity index is 726. The maximum atomic E-state index is 12.4. The Morgan fingerprint density at radius 2 is 1.88 bits per heavy atom. The Balaban J connectivity index is 2.27. The van der Waals surface area contributed by atoms with Crippen molar-refractivity contribution in [2.45, 2.75) is 26.8 Å². The van der Waals surface area contributed by atoms with E-state index in [-0.39, 0.29) is 18.4 Å². The Morgan fingerprint density at radius 3 is 2.48 bits per heavy atom. The molecule has 0 bridgehead atoms. The van der Waals surface area contributed by atoms with Crippen LogP contribution in [-0.4, -0.2) is 35.7 Å². The van der Waals surface area contributed by atoms with Gasteiger partial charge in [-0.1, -0.05) is 19.9 Å². The Hall–Kier alpha value is -3.03. The fraction of sp³-hybridized carbons (Fsp3) is 0.353. The summed E-state index contributed by atoms with van der Waals surface area (Å²) in [4.78, 5) is 35.1. The molecule has 0 saturated heterocycles. The van der Waals surface area contributed by atoms with Crippen molar-refractivity contribution in [3.05, 3.63) is 29.5 Å². The first-order valence-electron chi connectivity index (χ1n) is 7.70. The maximum absolute atomic E-state index is 12.4. The summed E-state index contributed by atoms with van der Waals surface area (Å²) in [6.45, 7) is 4.74. The van der Waals surface area contributed by atoms with Gasteiger partial charge in [0.05, 0.1) is 0 Å². The quantitative estimate of drug-likeness (QED) is 0.664. The van der Waals surface area contributed by atoms with Gasteiger partial charge in [0.2, 0.25) is 12.7 Å². The molecule has 2 amide bonds. The van der Waals surface area contributed by atoms with E-state index in [4.69, 9.17) is 9.47 Å². The molecule has 134 valence electrons. The number of aliphatic carboxylic acids is 1. The van der Waals surface area contributed by atoms with Gasteiger partial charge in [-0.3, -0.25) is 9.59 Å². The number of nitrogens with one attached hydrogen (secondary N) is 2. The highest BCUT2D eigenvalue weighted by Crippen LogP contribution is 2.33. The predicted octanol–water partition coefficient (Wildman–Crippen LogP) is 1.12. The van der Waals surface area contributed by atoms with Crippen molar-refractivity contribution in [2.24, 2.45) is 5.92 Å². The maximum Gasteiger partial charge on any atom is 0.326 e. The highest BCUT2D eigenvalue weighted by Gasteiger charge is 2.25. The van der Waals surface area contributed by atoms with Crippen LogP contribution in [0.3, 0.4) is 0 Å². The molecule has 0 unspecified atom stereocenters. The molecule has 1 aromatic rings. The molecule has 2 rings (SSSR count). The zero-order valence-corrected chi connectivity index (χ0v) is 14.2. The molecule has 0 spiro atoms. The number of carboxylic acids is 1. The molecular weight excluding hydrogens is 328 g/mol. The first-order chi connectivity index (χ1) is 11.8. The SMILES string of the molecule is CC(=O)NC(=Cc1ccc2c(c1)OCO2)C(=O)N[C@H](C(=O)O)C(C)C. The summed E-state index contributed by atoms with van der Waals surface area (Å²) in [6, 6.07) is 3.97. The highest BCUT2D eigenvalue weighted by atomic mass is 16.7. The van der Waals surface area contributed by atoms with Gasteiger partial charge >= 0.3 is 5.97 Å². The summed E-state index contributed by atoms with van der Waals surface area (Å²) >= 11 is 0. The number of hydrogen-bond donors (Lipinski definition) is 3. The van der Waals surface area contributed by atoms with Crippen LogP contribution in [0.15, 0.2) is 23.9 Å². The van der Waals surface area contributed by atoms with Crippen molar-refractivity contribution in [1.82, 2.24) is 10.6 Å². The van der Waals surface area contributed by atoms with E-state index in [2.05, 4.69) is 10.6 Å². The molecular formula is C17H20N2O6. The minimum absolute atomic E-state index is 0.0572. The van der Waals surface area contributed by atoms with E-state index in [1.165, 1.54) is 13.0 Å². The number of ether oxygens (including phenoxy) is 2. The average molecular weight is 348 g/mol. The largest absolute Gasteiger partial charge is 0.480 e. The van der Waals surface area contributed by atoms with Crippen molar-refractivity contribution in [3.63, 3.8) is 0 Å². The van der Waals surface area contributed by atoms with Crippen molar-refractivity contribution in [1.29, 1.82) is 0 Å². The number of carbonyl (C=O) groups excluding carboxylic acids is 2. The summed E-state index contributed by atoms with van der Waals surface area (Å²) in [5.41, 5.74) is 0.540. The molecule has 1 aliphatic rings. The van der Waals surface area contributed by atoms with E-state index in [1.54, 1.807) is 32.0 Å². The topological polar surface area (TPSA) is 114 Å². The van der Waals surface area contributed by atoms with Crippen LogP contribution in [-0.2, 0) is 14.4 Å². The molecule has 1 aliphatic heterocycles. The molecule has 0 saturated carbocycles. The number of amides is 2. The van der Waals surface area contributed by atoms with Crippen molar-refractivity contribution in [2.75, 3.05) is 6.79 Å². The van der Waals surface area contributed by atoms with Crippen LogP contribution >= 0.6 is 0 Å². The Morgan fingerprint density at radius 1 is 1.20 bits per heavy atom. The monoisotopic (exact) mass is 348 g/mol. The number of carboxylic acid groups (broad SMARTS) is 1. The standard InChI is InChI=1S/C17H20N2O6/c1-9(2)15(17(22)23)19-16(21)12(18-10(3)20)6-11-4-5-13-14(7-11)25-8-24-13/h4-7,9,15H,8H2,1-3H3,(H,18,20)(H,19,21)(H,22,23)/t15-/m0/s1. The lowest BCUT2D eigenvalue weighted by molar-refractivity contribution is -0.142. The lowest BCUT2D eigenvalue weighted by Gasteiger charge is -2.19. The lowest BCUT2D eigenvalue weighted by atomic mass is 10.0. The van der Waals surface area contributed by atoms with Crippen molar-refractivity contribution >= 4 is 23.9 Å². The van der Waals surface area contributed by atoms with Gasteiger partial charge in [-0.05, 0) is 29.7 Å². The van der Waals surface area contributed by atoms with Gasteiger partial charge in [-0.15, -0.1) is 0 Å². The molecule has 0 aromatic heterocycles. The Labute approximate surface area is 144 Å². The second-order valence-electron chi connectivity index (χ2n) is 5.89. The molecule has 0 radical (unpaired) electrons. The fourth-order valence-electron chi connectivity index (χ4n) is 2.25. The van der Waals surface area contributed by atoms with Crippen LogP contribution in [0, 0.1) is 5.92 Å². The van der Waals surface area contributed by atoms with Gasteiger partial charge in [0.1, 0.15) is 11.7 Å². The van der Waals surface area contributed by atoms with Gasteiger partial charge in [0, 0.05) is 6.92 Å². The Kier molecular flexibility index (Phi) is 5.63. The van der Waals surface area contributed by atoms with Crippen molar-refractivity contribution < 1.29 is 29.0 Å². The summed E-state index contributed by atoms with van der Waals surface area (Å²) in [7, 11) is 0. The van der Waals surface area contributed by atoms with Crippen LogP contribution in [0.2, 0.25) is 0 Å². The van der Waals surface area contributed by atoms with Crippen LogP contribution in [0.5, 0.6) is 11.5 Å². The molecule has 8 heteroatoms. The molecule has 0 fully saturated rings. The minimum Gasteiger partial charge on any atom is -0.480 e. The van der Waals surface area contributed by atoms with E-state index in [1.807, 2.05) is 0 Å². The number of carbonyl (C=O) groups is 3. The van der Waals surface area contributed by atoms with E-state index in [0.717, 1.165) is 0 Å². The number of hydrogen-bond acceptors (Lipinski definition) is 5. The summed E-state index contributed by atoms with van der Waals surface area (Å²) < 4.78 is 10.5. The molecule has 1 atom stereocenters. The second-order valence-corrected chi connectivity index (χ2v) is 5.89. The van der Waals surface area contributed by atoms with Gasteiger partial charge in [0.25, 0.3) is 5.91 Å². The fourth-order valence-corrected chi connectivity index (χ4v) is 2.25. The highest BCUT2D eigenvalue weighted by molar-refractivity contribution is 6.02. The first kappa shape index (κ1) is 18.3. The van der Waals surface area contributed by atoms with Gasteiger partial charge < -0.3 is 25.2 Å². The zero-order valence-electron chi connectivity index (χ0n) is 14.2. The van der Waals surface area contributed by atoms with Crippen LogP contribution in [0.1, 0.15) is 26.3 Å². The molecule has 0 aliphatic carbocycles. The molecule has 1 aromatic carbocycles. The van der Waals surface area contributed by atoms with Crippen molar-refractivity contribution in [3.8, 4) is 11.5 Å². The van der Waals surface area contributed by atoms with E-state index in [0.29, 0.717) is 17.1 Å². The van der Waals surface area contributed by atoms with E-state index in [9.17, 15) is 19.5 Å². The van der Waals surface area contributed by atoms with Gasteiger partial charge in [-0.25, -0.2) is 4.79 Å². The molecule has 3 N–H and O–H groups in total. The third kappa shape index (κ3) is 4.72. The number of benzene rings is 1. The van der Waals surface area contributed by atoms with E-state index >= 15 is 0 Å². The third-order valence-corrected chi connectivity index (χ3v) is 3.48. The van der Waals surface area contributed by atoms with Crippen LogP contribution in [0.25, 0.3) is 6.08 Å². The number of fused-ring (bicyclic) bond motifs is 1. The minimum atomic E-state index is -1.14. The molecule has 25 heavy (non-hydrogen) atoms.